The normalized spacial score (nSPS) is 12.1. The molecule has 0 saturated heterocycles. The summed E-state index contributed by atoms with van der Waals surface area (Å²) in [5, 5.41) is 15.8. The summed E-state index contributed by atoms with van der Waals surface area (Å²) in [6, 6.07) is 8.95. The van der Waals surface area contributed by atoms with E-state index < -0.39 is 6.04 Å². The highest BCUT2D eigenvalue weighted by Gasteiger charge is 2.14. The van der Waals surface area contributed by atoms with Crippen LogP contribution in [0.4, 0.5) is 0 Å². The Kier molecular flexibility index (Phi) is 4.84. The number of benzene rings is 1. The van der Waals surface area contributed by atoms with Crippen LogP contribution in [0.15, 0.2) is 34.9 Å². The van der Waals surface area contributed by atoms with Gasteiger partial charge in [-0.3, -0.25) is 4.79 Å². The SMILES string of the molecule is Cc1noc(CCC(=O)N[C@H](CO)c2ccccc2)n1. The monoisotopic (exact) mass is 275 g/mol. The smallest absolute Gasteiger partial charge is 0.227 e. The minimum absolute atomic E-state index is 0.143. The van der Waals surface area contributed by atoms with Gasteiger partial charge in [0.25, 0.3) is 0 Å². The molecular weight excluding hydrogens is 258 g/mol. The van der Waals surface area contributed by atoms with E-state index in [0.717, 1.165) is 5.56 Å². The summed E-state index contributed by atoms with van der Waals surface area (Å²) in [7, 11) is 0. The lowest BCUT2D eigenvalue weighted by Gasteiger charge is -2.16. The van der Waals surface area contributed by atoms with Crippen LogP contribution in [-0.4, -0.2) is 27.8 Å². The molecule has 0 spiro atoms. The van der Waals surface area contributed by atoms with Crippen LogP contribution < -0.4 is 5.32 Å². The van der Waals surface area contributed by atoms with Crippen molar-refractivity contribution < 1.29 is 14.4 Å². The molecule has 0 bridgehead atoms. The number of carbonyl (C=O) groups is 1. The summed E-state index contributed by atoms with van der Waals surface area (Å²) in [6.07, 6.45) is 0.630. The van der Waals surface area contributed by atoms with Gasteiger partial charge in [0.05, 0.1) is 12.6 Å². The summed E-state index contributed by atoms with van der Waals surface area (Å²) in [6.45, 7) is 1.58. The standard InChI is InChI=1S/C14H17N3O3/c1-10-15-14(20-17-10)8-7-13(19)16-12(9-18)11-5-3-2-4-6-11/h2-6,12,18H,7-9H2,1H3,(H,16,19)/t12-/m1/s1. The minimum Gasteiger partial charge on any atom is -0.394 e. The van der Waals surface area contributed by atoms with Crippen molar-refractivity contribution in [1.29, 1.82) is 0 Å². The molecule has 0 aliphatic rings. The minimum atomic E-state index is -0.395. The van der Waals surface area contributed by atoms with Gasteiger partial charge in [-0.1, -0.05) is 35.5 Å². The number of aryl methyl sites for hydroxylation is 2. The lowest BCUT2D eigenvalue weighted by atomic mass is 10.1. The molecule has 6 heteroatoms. The van der Waals surface area contributed by atoms with Gasteiger partial charge in [-0.25, -0.2) is 0 Å². The van der Waals surface area contributed by atoms with Gasteiger partial charge >= 0.3 is 0 Å². The Morgan fingerprint density at radius 3 is 2.75 bits per heavy atom. The van der Waals surface area contributed by atoms with Crippen molar-refractivity contribution in [2.75, 3.05) is 6.61 Å². The number of amides is 1. The summed E-state index contributed by atoms with van der Waals surface area (Å²) in [4.78, 5) is 15.9. The molecule has 6 nitrogen and oxygen atoms in total. The van der Waals surface area contributed by atoms with E-state index in [0.29, 0.717) is 18.1 Å². The number of nitrogens with one attached hydrogen (secondary N) is 1. The fourth-order valence-corrected chi connectivity index (χ4v) is 1.85. The highest BCUT2D eigenvalue weighted by atomic mass is 16.5. The van der Waals surface area contributed by atoms with E-state index in [1.54, 1.807) is 6.92 Å². The second kappa shape index (κ2) is 6.81. The van der Waals surface area contributed by atoms with E-state index in [1.165, 1.54) is 0 Å². The van der Waals surface area contributed by atoms with Crippen molar-refractivity contribution in [1.82, 2.24) is 15.5 Å². The van der Waals surface area contributed by atoms with Crippen LogP contribution in [-0.2, 0) is 11.2 Å². The first kappa shape index (κ1) is 14.2. The number of aromatic nitrogens is 2. The van der Waals surface area contributed by atoms with Crippen molar-refractivity contribution in [2.45, 2.75) is 25.8 Å². The summed E-state index contributed by atoms with van der Waals surface area (Å²) >= 11 is 0. The maximum Gasteiger partial charge on any atom is 0.227 e. The predicted molar refractivity (Wildman–Crippen MR) is 71.8 cm³/mol. The van der Waals surface area contributed by atoms with Crippen LogP contribution in [0.5, 0.6) is 0 Å². The Bertz CT molecular complexity index is 554. The Balaban J connectivity index is 1.86. The highest BCUT2D eigenvalue weighted by molar-refractivity contribution is 5.76. The maximum atomic E-state index is 11.9. The number of hydrogen-bond acceptors (Lipinski definition) is 5. The van der Waals surface area contributed by atoms with Crippen LogP contribution in [0.25, 0.3) is 0 Å². The first-order chi connectivity index (χ1) is 9.69. The summed E-state index contributed by atoms with van der Waals surface area (Å²) in [5.41, 5.74) is 0.872. The average Bonchev–Trinajstić information content (AvgIpc) is 2.89. The Hall–Kier alpha value is -2.21. The molecule has 0 aliphatic heterocycles. The molecule has 0 radical (unpaired) electrons. The van der Waals surface area contributed by atoms with E-state index in [4.69, 9.17) is 4.52 Å². The number of rotatable bonds is 6. The third-order valence-corrected chi connectivity index (χ3v) is 2.86. The average molecular weight is 275 g/mol. The maximum absolute atomic E-state index is 11.9. The third kappa shape index (κ3) is 3.89. The number of nitrogens with zero attached hydrogens (tertiary/aromatic N) is 2. The largest absolute Gasteiger partial charge is 0.394 e. The molecule has 1 aromatic carbocycles. The molecule has 1 atom stereocenters. The van der Waals surface area contributed by atoms with E-state index in [-0.39, 0.29) is 18.9 Å². The topological polar surface area (TPSA) is 88.2 Å². The Morgan fingerprint density at radius 2 is 2.15 bits per heavy atom. The molecule has 1 aromatic heterocycles. The molecule has 2 rings (SSSR count). The van der Waals surface area contributed by atoms with Crippen molar-refractivity contribution in [2.24, 2.45) is 0 Å². The first-order valence-electron chi connectivity index (χ1n) is 6.43. The number of aliphatic hydroxyl groups is 1. The third-order valence-electron chi connectivity index (χ3n) is 2.86. The predicted octanol–water partition coefficient (Wildman–Crippen LogP) is 1.16. The fraction of sp³-hybridized carbons (Fsp3) is 0.357. The number of aliphatic hydroxyl groups excluding tert-OH is 1. The lowest BCUT2D eigenvalue weighted by molar-refractivity contribution is -0.122. The van der Waals surface area contributed by atoms with Gasteiger partial charge in [0.1, 0.15) is 0 Å². The van der Waals surface area contributed by atoms with E-state index in [1.807, 2.05) is 30.3 Å². The van der Waals surface area contributed by atoms with Gasteiger partial charge in [-0.2, -0.15) is 4.98 Å². The van der Waals surface area contributed by atoms with Gasteiger partial charge in [-0.15, -0.1) is 0 Å². The van der Waals surface area contributed by atoms with Crippen molar-refractivity contribution in [3.8, 4) is 0 Å². The van der Waals surface area contributed by atoms with Crippen molar-refractivity contribution in [3.05, 3.63) is 47.6 Å². The zero-order chi connectivity index (χ0) is 14.4. The van der Waals surface area contributed by atoms with Crippen LogP contribution >= 0.6 is 0 Å². The zero-order valence-electron chi connectivity index (χ0n) is 11.2. The molecule has 0 unspecified atom stereocenters. The molecular formula is C14H17N3O3. The second-order valence-corrected chi connectivity index (χ2v) is 4.45. The molecule has 0 aliphatic carbocycles. The zero-order valence-corrected chi connectivity index (χ0v) is 11.2. The van der Waals surface area contributed by atoms with Crippen LogP contribution in [0.1, 0.15) is 29.7 Å². The van der Waals surface area contributed by atoms with Gasteiger partial charge in [0.15, 0.2) is 5.82 Å². The van der Waals surface area contributed by atoms with E-state index in [9.17, 15) is 9.90 Å². The molecule has 0 saturated carbocycles. The fourth-order valence-electron chi connectivity index (χ4n) is 1.85. The van der Waals surface area contributed by atoms with Crippen molar-refractivity contribution >= 4 is 5.91 Å². The number of hydrogen-bond donors (Lipinski definition) is 2. The first-order valence-corrected chi connectivity index (χ1v) is 6.43. The quantitative estimate of drug-likeness (QED) is 0.826. The van der Waals surface area contributed by atoms with Crippen LogP contribution in [0.2, 0.25) is 0 Å². The molecule has 1 amide bonds. The van der Waals surface area contributed by atoms with Crippen LogP contribution in [0.3, 0.4) is 0 Å². The molecule has 2 aromatic rings. The van der Waals surface area contributed by atoms with E-state index in [2.05, 4.69) is 15.5 Å². The van der Waals surface area contributed by atoms with Gasteiger partial charge in [0.2, 0.25) is 11.8 Å². The van der Waals surface area contributed by atoms with E-state index >= 15 is 0 Å². The molecule has 2 N–H and O–H groups in total. The summed E-state index contributed by atoms with van der Waals surface area (Å²) < 4.78 is 4.94. The molecule has 1 heterocycles. The lowest BCUT2D eigenvalue weighted by Crippen LogP contribution is -2.30. The molecule has 106 valence electrons. The highest BCUT2D eigenvalue weighted by Crippen LogP contribution is 2.12. The summed E-state index contributed by atoms with van der Waals surface area (Å²) in [5.74, 6) is 0.833. The molecule has 0 fully saturated rings. The molecule has 20 heavy (non-hydrogen) atoms. The Morgan fingerprint density at radius 1 is 1.40 bits per heavy atom. The number of carbonyl (C=O) groups excluding carboxylic acids is 1. The Labute approximate surface area is 116 Å². The van der Waals surface area contributed by atoms with Gasteiger partial charge < -0.3 is 14.9 Å². The van der Waals surface area contributed by atoms with Gasteiger partial charge in [0, 0.05) is 12.8 Å². The second-order valence-electron chi connectivity index (χ2n) is 4.45. The van der Waals surface area contributed by atoms with Gasteiger partial charge in [-0.05, 0) is 12.5 Å². The van der Waals surface area contributed by atoms with Crippen molar-refractivity contribution in [3.63, 3.8) is 0 Å². The van der Waals surface area contributed by atoms with Crippen LogP contribution in [0, 0.1) is 6.92 Å².